The van der Waals surface area contributed by atoms with E-state index in [4.69, 9.17) is 0 Å². The average Bonchev–Trinajstić information content (AvgIpc) is 2.78. The van der Waals surface area contributed by atoms with E-state index in [2.05, 4.69) is 5.32 Å². The van der Waals surface area contributed by atoms with Crippen molar-refractivity contribution in [2.75, 3.05) is 6.54 Å². The first kappa shape index (κ1) is 16.3. The SMILES string of the molecule is Cn1cc(/C=C/C(=O)NCC(O)C(C)(C)C)c2ccccc21. The maximum absolute atomic E-state index is 11.9. The Hall–Kier alpha value is -2.07. The van der Waals surface area contributed by atoms with Crippen LogP contribution in [0.2, 0.25) is 0 Å². The molecule has 0 radical (unpaired) electrons. The monoisotopic (exact) mass is 300 g/mol. The van der Waals surface area contributed by atoms with Crippen LogP contribution in [0.15, 0.2) is 36.5 Å². The number of rotatable bonds is 4. The molecule has 2 N–H and O–H groups in total. The number of carbonyl (C=O) groups is 1. The maximum Gasteiger partial charge on any atom is 0.244 e. The van der Waals surface area contributed by atoms with Crippen LogP contribution in [0.1, 0.15) is 26.3 Å². The van der Waals surface area contributed by atoms with Crippen molar-refractivity contribution in [1.82, 2.24) is 9.88 Å². The molecule has 2 aromatic rings. The highest BCUT2D eigenvalue weighted by atomic mass is 16.3. The molecule has 0 saturated heterocycles. The Morgan fingerprint density at radius 3 is 2.73 bits per heavy atom. The van der Waals surface area contributed by atoms with Gasteiger partial charge in [0.05, 0.1) is 6.10 Å². The first-order valence-electron chi connectivity index (χ1n) is 7.47. The van der Waals surface area contributed by atoms with Crippen LogP contribution in [-0.2, 0) is 11.8 Å². The zero-order valence-electron chi connectivity index (χ0n) is 13.6. The van der Waals surface area contributed by atoms with Crippen molar-refractivity contribution in [1.29, 1.82) is 0 Å². The number of aliphatic hydroxyl groups excluding tert-OH is 1. The second-order valence-electron chi connectivity index (χ2n) is 6.67. The van der Waals surface area contributed by atoms with Crippen molar-refractivity contribution in [3.63, 3.8) is 0 Å². The highest BCUT2D eigenvalue weighted by Crippen LogP contribution is 2.21. The van der Waals surface area contributed by atoms with Gasteiger partial charge in [0.2, 0.25) is 5.91 Å². The molecule has 1 aromatic heterocycles. The Morgan fingerprint density at radius 2 is 2.05 bits per heavy atom. The van der Waals surface area contributed by atoms with Crippen molar-refractivity contribution in [3.8, 4) is 0 Å². The van der Waals surface area contributed by atoms with Crippen LogP contribution in [0.25, 0.3) is 17.0 Å². The van der Waals surface area contributed by atoms with Gasteiger partial charge in [-0.3, -0.25) is 4.79 Å². The number of fused-ring (bicyclic) bond motifs is 1. The molecule has 118 valence electrons. The molecule has 0 aliphatic heterocycles. The fourth-order valence-corrected chi connectivity index (χ4v) is 2.23. The van der Waals surface area contributed by atoms with Gasteiger partial charge in [-0.15, -0.1) is 0 Å². The number of amides is 1. The lowest BCUT2D eigenvalue weighted by Crippen LogP contribution is -2.38. The Bertz CT molecular complexity index is 693. The van der Waals surface area contributed by atoms with Crippen LogP contribution in [0.3, 0.4) is 0 Å². The first-order chi connectivity index (χ1) is 10.3. The molecule has 0 fully saturated rings. The molecule has 22 heavy (non-hydrogen) atoms. The molecular formula is C18H24N2O2. The molecule has 4 heteroatoms. The third-order valence-electron chi connectivity index (χ3n) is 3.81. The number of hydrogen-bond donors (Lipinski definition) is 2. The van der Waals surface area contributed by atoms with Crippen LogP contribution in [0.4, 0.5) is 0 Å². The standard InChI is InChI=1S/C18H24N2O2/c1-18(2,3)16(21)11-19-17(22)10-9-13-12-20(4)15-8-6-5-7-14(13)15/h5-10,12,16,21H,11H2,1-4H3,(H,19,22)/b10-9+. The molecule has 0 saturated carbocycles. The molecule has 0 aliphatic rings. The van der Waals surface area contributed by atoms with E-state index < -0.39 is 6.10 Å². The fourth-order valence-electron chi connectivity index (χ4n) is 2.23. The van der Waals surface area contributed by atoms with E-state index in [9.17, 15) is 9.90 Å². The van der Waals surface area contributed by atoms with Gasteiger partial charge >= 0.3 is 0 Å². The number of carbonyl (C=O) groups excluding carboxylic acids is 1. The summed E-state index contributed by atoms with van der Waals surface area (Å²) in [6, 6.07) is 8.07. The molecule has 1 amide bonds. The molecular weight excluding hydrogens is 276 g/mol. The highest BCUT2D eigenvalue weighted by Gasteiger charge is 2.21. The van der Waals surface area contributed by atoms with E-state index in [-0.39, 0.29) is 17.9 Å². The second-order valence-corrected chi connectivity index (χ2v) is 6.67. The number of hydrogen-bond acceptors (Lipinski definition) is 2. The third-order valence-corrected chi connectivity index (χ3v) is 3.81. The van der Waals surface area contributed by atoms with Crippen LogP contribution in [0.5, 0.6) is 0 Å². The van der Waals surface area contributed by atoms with E-state index in [0.717, 1.165) is 16.5 Å². The summed E-state index contributed by atoms with van der Waals surface area (Å²) in [5.41, 5.74) is 1.89. The quantitative estimate of drug-likeness (QED) is 0.853. The largest absolute Gasteiger partial charge is 0.391 e. The Labute approximate surface area is 131 Å². The summed E-state index contributed by atoms with van der Waals surface area (Å²) in [5, 5.41) is 13.8. The zero-order chi connectivity index (χ0) is 16.3. The number of aliphatic hydroxyl groups is 1. The molecule has 1 unspecified atom stereocenters. The van der Waals surface area contributed by atoms with Gasteiger partial charge in [0.1, 0.15) is 0 Å². The van der Waals surface area contributed by atoms with Gasteiger partial charge in [-0.25, -0.2) is 0 Å². The molecule has 4 nitrogen and oxygen atoms in total. The predicted molar refractivity (Wildman–Crippen MR) is 90.4 cm³/mol. The normalized spacial score (nSPS) is 13.7. The summed E-state index contributed by atoms with van der Waals surface area (Å²) in [7, 11) is 1.99. The van der Waals surface area contributed by atoms with E-state index >= 15 is 0 Å². The molecule has 0 spiro atoms. The molecule has 1 aromatic carbocycles. The minimum Gasteiger partial charge on any atom is -0.391 e. The fraction of sp³-hybridized carbons (Fsp3) is 0.389. The minimum absolute atomic E-state index is 0.198. The number of para-hydroxylation sites is 1. The Balaban J connectivity index is 2.03. The summed E-state index contributed by atoms with van der Waals surface area (Å²) in [6.45, 7) is 6.07. The Kier molecular flexibility index (Phi) is 4.71. The molecule has 2 rings (SSSR count). The molecule has 0 aliphatic carbocycles. The van der Waals surface area contributed by atoms with Crippen molar-refractivity contribution >= 4 is 22.9 Å². The number of aryl methyl sites for hydroxylation is 1. The summed E-state index contributed by atoms with van der Waals surface area (Å²) in [5.74, 6) is -0.198. The topological polar surface area (TPSA) is 54.3 Å². The van der Waals surface area contributed by atoms with E-state index in [1.165, 1.54) is 6.08 Å². The van der Waals surface area contributed by atoms with Gasteiger partial charge in [-0.05, 0) is 17.6 Å². The number of nitrogens with one attached hydrogen (secondary N) is 1. The van der Waals surface area contributed by atoms with Gasteiger partial charge in [0, 0.05) is 42.3 Å². The Morgan fingerprint density at radius 1 is 1.36 bits per heavy atom. The molecule has 0 bridgehead atoms. The van der Waals surface area contributed by atoms with Crippen molar-refractivity contribution in [3.05, 3.63) is 42.1 Å². The van der Waals surface area contributed by atoms with Gasteiger partial charge in [-0.2, -0.15) is 0 Å². The number of nitrogens with zero attached hydrogens (tertiary/aromatic N) is 1. The predicted octanol–water partition coefficient (Wildman–Crippen LogP) is 2.71. The lowest BCUT2D eigenvalue weighted by molar-refractivity contribution is -0.117. The van der Waals surface area contributed by atoms with Crippen molar-refractivity contribution in [2.45, 2.75) is 26.9 Å². The van der Waals surface area contributed by atoms with Crippen LogP contribution in [-0.4, -0.2) is 28.2 Å². The third kappa shape index (κ3) is 3.77. The maximum atomic E-state index is 11.9. The first-order valence-corrected chi connectivity index (χ1v) is 7.47. The summed E-state index contributed by atoms with van der Waals surface area (Å²) in [4.78, 5) is 11.9. The van der Waals surface area contributed by atoms with Gasteiger partial charge in [-0.1, -0.05) is 39.0 Å². The molecule has 1 atom stereocenters. The zero-order valence-corrected chi connectivity index (χ0v) is 13.6. The van der Waals surface area contributed by atoms with Crippen molar-refractivity contribution < 1.29 is 9.90 Å². The van der Waals surface area contributed by atoms with Gasteiger partial charge in [0.15, 0.2) is 0 Å². The smallest absolute Gasteiger partial charge is 0.244 e. The highest BCUT2D eigenvalue weighted by molar-refractivity contribution is 5.96. The van der Waals surface area contributed by atoms with E-state index in [1.807, 2.05) is 62.8 Å². The van der Waals surface area contributed by atoms with E-state index in [1.54, 1.807) is 6.08 Å². The minimum atomic E-state index is -0.567. The summed E-state index contributed by atoms with van der Waals surface area (Å²) in [6.07, 6.45) is 4.75. The summed E-state index contributed by atoms with van der Waals surface area (Å²) >= 11 is 0. The lowest BCUT2D eigenvalue weighted by atomic mass is 9.89. The van der Waals surface area contributed by atoms with Crippen LogP contribution >= 0.6 is 0 Å². The second kappa shape index (κ2) is 6.36. The number of aromatic nitrogens is 1. The van der Waals surface area contributed by atoms with Crippen molar-refractivity contribution in [2.24, 2.45) is 12.5 Å². The van der Waals surface area contributed by atoms with Crippen LogP contribution < -0.4 is 5.32 Å². The van der Waals surface area contributed by atoms with Crippen LogP contribution in [0, 0.1) is 5.41 Å². The summed E-state index contributed by atoms with van der Waals surface area (Å²) < 4.78 is 2.04. The lowest BCUT2D eigenvalue weighted by Gasteiger charge is -2.25. The van der Waals surface area contributed by atoms with Gasteiger partial charge in [0.25, 0.3) is 0 Å². The average molecular weight is 300 g/mol. The van der Waals surface area contributed by atoms with E-state index in [0.29, 0.717) is 0 Å². The molecule has 1 heterocycles. The number of benzene rings is 1. The van der Waals surface area contributed by atoms with Gasteiger partial charge < -0.3 is 15.0 Å².